The number of halogens is 1. The summed E-state index contributed by atoms with van der Waals surface area (Å²) >= 11 is 0. The van der Waals surface area contributed by atoms with Crippen LogP contribution in [0.25, 0.3) is 0 Å². The van der Waals surface area contributed by atoms with Gasteiger partial charge in [-0.1, -0.05) is 37.1 Å². The van der Waals surface area contributed by atoms with Gasteiger partial charge >= 0.3 is 0 Å². The molecule has 0 saturated heterocycles. The number of nitrogens with one attached hydrogen (secondary N) is 1. The van der Waals surface area contributed by atoms with Gasteiger partial charge in [-0.15, -0.1) is 30.4 Å². The van der Waals surface area contributed by atoms with E-state index in [1.807, 2.05) is 7.05 Å². The van der Waals surface area contributed by atoms with Gasteiger partial charge < -0.3 is 10.2 Å². The number of benzene rings is 1. The molecule has 0 spiro atoms. The minimum Gasteiger partial charge on any atom is -0.345 e. The monoisotopic (exact) mass is 371 g/mol. The van der Waals surface area contributed by atoms with Crippen LogP contribution in [0.4, 0.5) is 0 Å². The number of guanidine groups is 1. The van der Waals surface area contributed by atoms with E-state index in [-0.39, 0.29) is 24.0 Å². The highest BCUT2D eigenvalue weighted by atomic mass is 127. The molecule has 0 unspecified atom stereocenters. The highest BCUT2D eigenvalue weighted by molar-refractivity contribution is 14.0. The summed E-state index contributed by atoms with van der Waals surface area (Å²) < 4.78 is 0. The van der Waals surface area contributed by atoms with E-state index in [9.17, 15) is 0 Å². The molecule has 0 saturated carbocycles. The quantitative estimate of drug-likeness (QED) is 0.381. The maximum absolute atomic E-state index is 5.23. The Balaban J connectivity index is 0.00000324. The third kappa shape index (κ3) is 5.97. The molecule has 0 heterocycles. The minimum absolute atomic E-state index is 0. The van der Waals surface area contributed by atoms with Crippen molar-refractivity contribution in [3.8, 4) is 12.3 Å². The second-order valence-electron chi connectivity index (χ2n) is 4.13. The number of terminal acetylenes is 1. The van der Waals surface area contributed by atoms with E-state index in [1.54, 1.807) is 7.05 Å². The van der Waals surface area contributed by atoms with Crippen molar-refractivity contribution in [3.05, 3.63) is 35.4 Å². The molecule has 0 amide bonds. The van der Waals surface area contributed by atoms with Crippen LogP contribution in [0.5, 0.6) is 0 Å². The number of nitrogens with zero attached hydrogens (tertiary/aromatic N) is 2. The number of aryl methyl sites for hydroxylation is 1. The zero-order chi connectivity index (χ0) is 13.4. The van der Waals surface area contributed by atoms with Crippen molar-refractivity contribution >= 4 is 29.9 Å². The van der Waals surface area contributed by atoms with Gasteiger partial charge in [0.05, 0.1) is 6.54 Å². The normalized spacial score (nSPS) is 10.3. The first-order valence-electron chi connectivity index (χ1n) is 6.14. The summed E-state index contributed by atoms with van der Waals surface area (Å²) in [6.45, 7) is 3.47. The van der Waals surface area contributed by atoms with Gasteiger partial charge in [-0.3, -0.25) is 4.99 Å². The topological polar surface area (TPSA) is 27.6 Å². The fraction of sp³-hybridized carbons (Fsp3) is 0.400. The SMILES string of the molecule is C#CCNC(=NC)N(C)Cc1ccc(CC)cc1.I. The average molecular weight is 371 g/mol. The maximum atomic E-state index is 5.23. The zero-order valence-corrected chi connectivity index (χ0v) is 14.1. The van der Waals surface area contributed by atoms with E-state index in [0.717, 1.165) is 18.9 Å². The van der Waals surface area contributed by atoms with Crippen LogP contribution in [-0.2, 0) is 13.0 Å². The molecular weight excluding hydrogens is 349 g/mol. The Bertz CT molecular complexity index is 432. The molecule has 0 aliphatic carbocycles. The number of aliphatic imine (C=N–C) groups is 1. The van der Waals surface area contributed by atoms with Gasteiger partial charge in [0.2, 0.25) is 0 Å². The molecule has 3 nitrogen and oxygen atoms in total. The third-order valence-electron chi connectivity index (χ3n) is 2.77. The van der Waals surface area contributed by atoms with Crippen molar-refractivity contribution in [2.24, 2.45) is 4.99 Å². The molecule has 1 N–H and O–H groups in total. The second-order valence-corrected chi connectivity index (χ2v) is 4.13. The van der Waals surface area contributed by atoms with Crippen LogP contribution in [0.1, 0.15) is 18.1 Å². The van der Waals surface area contributed by atoms with Crippen molar-refractivity contribution in [2.45, 2.75) is 19.9 Å². The fourth-order valence-electron chi connectivity index (χ4n) is 1.74. The van der Waals surface area contributed by atoms with E-state index in [1.165, 1.54) is 11.1 Å². The van der Waals surface area contributed by atoms with Crippen LogP contribution in [0.15, 0.2) is 29.3 Å². The zero-order valence-electron chi connectivity index (χ0n) is 11.8. The third-order valence-corrected chi connectivity index (χ3v) is 2.77. The molecule has 1 aromatic carbocycles. The smallest absolute Gasteiger partial charge is 0.194 e. The summed E-state index contributed by atoms with van der Waals surface area (Å²) in [5.74, 6) is 3.36. The molecule has 0 radical (unpaired) electrons. The van der Waals surface area contributed by atoms with Crippen molar-refractivity contribution in [2.75, 3.05) is 20.6 Å². The molecule has 4 heteroatoms. The van der Waals surface area contributed by atoms with Gasteiger partial charge in [-0.05, 0) is 17.5 Å². The number of hydrogen-bond donors (Lipinski definition) is 1. The molecular formula is C15H22IN3. The largest absolute Gasteiger partial charge is 0.345 e. The molecule has 1 aromatic rings. The van der Waals surface area contributed by atoms with Crippen LogP contribution in [0.2, 0.25) is 0 Å². The van der Waals surface area contributed by atoms with Crippen molar-refractivity contribution in [1.29, 1.82) is 0 Å². The van der Waals surface area contributed by atoms with Crippen molar-refractivity contribution in [3.63, 3.8) is 0 Å². The lowest BCUT2D eigenvalue weighted by molar-refractivity contribution is 0.481. The summed E-state index contributed by atoms with van der Waals surface area (Å²) in [6, 6.07) is 8.65. The van der Waals surface area contributed by atoms with Crippen LogP contribution in [0.3, 0.4) is 0 Å². The summed E-state index contributed by atoms with van der Waals surface area (Å²) in [4.78, 5) is 6.25. The molecule has 0 aromatic heterocycles. The molecule has 1 rings (SSSR count). The second kappa shape index (κ2) is 9.68. The highest BCUT2D eigenvalue weighted by Crippen LogP contribution is 2.07. The van der Waals surface area contributed by atoms with Crippen LogP contribution >= 0.6 is 24.0 Å². The van der Waals surface area contributed by atoms with E-state index >= 15 is 0 Å². The Kier molecular flexibility index (Phi) is 9.06. The van der Waals surface area contributed by atoms with Crippen LogP contribution < -0.4 is 5.32 Å². The van der Waals surface area contributed by atoms with Crippen molar-refractivity contribution in [1.82, 2.24) is 10.2 Å². The summed E-state index contributed by atoms with van der Waals surface area (Å²) in [6.07, 6.45) is 6.30. The summed E-state index contributed by atoms with van der Waals surface area (Å²) in [5, 5.41) is 3.10. The molecule has 0 atom stereocenters. The van der Waals surface area contributed by atoms with Gasteiger partial charge in [0, 0.05) is 20.6 Å². The lowest BCUT2D eigenvalue weighted by atomic mass is 10.1. The minimum atomic E-state index is 0. The van der Waals surface area contributed by atoms with Gasteiger partial charge in [0.1, 0.15) is 0 Å². The predicted molar refractivity (Wildman–Crippen MR) is 92.9 cm³/mol. The van der Waals surface area contributed by atoms with Gasteiger partial charge in [-0.25, -0.2) is 0 Å². The van der Waals surface area contributed by atoms with Gasteiger partial charge in [0.15, 0.2) is 5.96 Å². The van der Waals surface area contributed by atoms with Gasteiger partial charge in [-0.2, -0.15) is 0 Å². The first-order chi connectivity index (χ1) is 8.71. The molecule has 0 bridgehead atoms. The highest BCUT2D eigenvalue weighted by Gasteiger charge is 2.05. The maximum Gasteiger partial charge on any atom is 0.194 e. The summed E-state index contributed by atoms with van der Waals surface area (Å²) in [5.41, 5.74) is 2.62. The molecule has 0 fully saturated rings. The van der Waals surface area contributed by atoms with Crippen LogP contribution in [-0.4, -0.2) is 31.5 Å². The molecule has 104 valence electrons. The first kappa shape index (κ1) is 17.8. The molecule has 0 aliphatic rings. The molecule has 0 aliphatic heterocycles. The van der Waals surface area contributed by atoms with E-state index in [4.69, 9.17) is 6.42 Å². The van der Waals surface area contributed by atoms with E-state index in [0.29, 0.717) is 6.54 Å². The van der Waals surface area contributed by atoms with E-state index in [2.05, 4.69) is 52.3 Å². The lowest BCUT2D eigenvalue weighted by Gasteiger charge is -2.21. The Morgan fingerprint density at radius 2 is 1.89 bits per heavy atom. The predicted octanol–water partition coefficient (Wildman–Crippen LogP) is 2.51. The lowest BCUT2D eigenvalue weighted by Crippen LogP contribution is -2.38. The fourth-order valence-corrected chi connectivity index (χ4v) is 1.74. The van der Waals surface area contributed by atoms with E-state index < -0.39 is 0 Å². The summed E-state index contributed by atoms with van der Waals surface area (Å²) in [7, 11) is 3.76. The Labute approximate surface area is 133 Å². The Morgan fingerprint density at radius 3 is 2.37 bits per heavy atom. The van der Waals surface area contributed by atoms with Gasteiger partial charge in [0.25, 0.3) is 0 Å². The Hall–Kier alpha value is -1.22. The number of rotatable bonds is 4. The molecule has 19 heavy (non-hydrogen) atoms. The number of hydrogen-bond acceptors (Lipinski definition) is 1. The van der Waals surface area contributed by atoms with Crippen molar-refractivity contribution < 1.29 is 0 Å². The first-order valence-corrected chi connectivity index (χ1v) is 6.14. The Morgan fingerprint density at radius 1 is 1.32 bits per heavy atom. The van der Waals surface area contributed by atoms with Crippen LogP contribution in [0, 0.1) is 12.3 Å². The standard InChI is InChI=1S/C15H21N3.HI/c1-5-11-17-15(16-3)18(4)12-14-9-7-13(6-2)8-10-14;/h1,7-10H,6,11-12H2,2-4H3,(H,16,17);1H. The average Bonchev–Trinajstić information content (AvgIpc) is 2.40.